The van der Waals surface area contributed by atoms with Crippen molar-refractivity contribution in [2.24, 2.45) is 5.10 Å². The molecule has 2 N–H and O–H groups in total. The number of carbonyl (C=O) groups excluding carboxylic acids is 2. The zero-order valence-electron chi connectivity index (χ0n) is 13.3. The van der Waals surface area contributed by atoms with Gasteiger partial charge in [0.05, 0.1) is 25.4 Å². The number of hydrogen-bond donors (Lipinski definition) is 2. The highest BCUT2D eigenvalue weighted by molar-refractivity contribution is 14.1. The van der Waals surface area contributed by atoms with Crippen LogP contribution in [-0.4, -0.2) is 31.7 Å². The van der Waals surface area contributed by atoms with Gasteiger partial charge in [-0.05, 0) is 52.9 Å². The number of benzene rings is 2. The third-order valence-electron chi connectivity index (χ3n) is 3.12. The molecular weight excluding hydrogens is 501 g/mol. The molecule has 0 saturated heterocycles. The normalized spacial score (nSPS) is 10.5. The lowest BCUT2D eigenvalue weighted by molar-refractivity contribution is -0.120. The second-order valence-corrected chi connectivity index (χ2v) is 6.86. The molecule has 6 nitrogen and oxygen atoms in total. The molecule has 0 aliphatic heterocycles. The number of hydrazone groups is 1. The second-order valence-electron chi connectivity index (χ2n) is 4.84. The van der Waals surface area contributed by atoms with Crippen LogP contribution in [0.5, 0.6) is 5.75 Å². The molecule has 0 saturated carbocycles. The zero-order valence-corrected chi connectivity index (χ0v) is 17.0. The predicted molar refractivity (Wildman–Crippen MR) is 108 cm³/mol. The second kappa shape index (κ2) is 9.52. The first-order valence-corrected chi connectivity index (χ1v) is 9.06. The van der Waals surface area contributed by atoms with Gasteiger partial charge in [-0.3, -0.25) is 9.59 Å². The van der Waals surface area contributed by atoms with Crippen molar-refractivity contribution >= 4 is 56.5 Å². The van der Waals surface area contributed by atoms with Gasteiger partial charge in [0.15, 0.2) is 0 Å². The maximum atomic E-state index is 12.0. The third kappa shape index (κ3) is 5.82. The average molecular weight is 516 g/mol. The summed E-state index contributed by atoms with van der Waals surface area (Å²) in [5.74, 6) is -0.0464. The molecular formula is C17H15BrIN3O3. The molecule has 0 aliphatic carbocycles. The first kappa shape index (κ1) is 19.4. The van der Waals surface area contributed by atoms with E-state index in [0.717, 1.165) is 13.6 Å². The van der Waals surface area contributed by atoms with Crippen molar-refractivity contribution in [3.8, 4) is 5.75 Å². The average Bonchev–Trinajstić information content (AvgIpc) is 2.61. The quantitative estimate of drug-likeness (QED) is 0.352. The van der Waals surface area contributed by atoms with Gasteiger partial charge in [0.1, 0.15) is 5.75 Å². The van der Waals surface area contributed by atoms with Gasteiger partial charge in [0.25, 0.3) is 11.8 Å². The Morgan fingerprint density at radius 1 is 1.28 bits per heavy atom. The summed E-state index contributed by atoms with van der Waals surface area (Å²) in [6.07, 6.45) is 1.49. The van der Waals surface area contributed by atoms with E-state index in [-0.39, 0.29) is 12.5 Å². The standard InChI is InChI=1S/C17H15BrIN3O3/c1-25-12-6-7-14(18)11(8-12)9-21-22-16(23)10-20-17(24)13-4-2-3-5-15(13)19/h2-9H,10H2,1H3,(H,20,24)(H,22,23)/b21-9+. The molecule has 2 aromatic carbocycles. The highest BCUT2D eigenvalue weighted by Gasteiger charge is 2.10. The van der Waals surface area contributed by atoms with E-state index in [2.05, 4.69) is 54.4 Å². The van der Waals surface area contributed by atoms with Crippen molar-refractivity contribution in [2.45, 2.75) is 0 Å². The van der Waals surface area contributed by atoms with Crippen LogP contribution in [-0.2, 0) is 4.79 Å². The number of hydrogen-bond acceptors (Lipinski definition) is 4. The summed E-state index contributed by atoms with van der Waals surface area (Å²) in [4.78, 5) is 23.8. The summed E-state index contributed by atoms with van der Waals surface area (Å²) in [5, 5.41) is 6.44. The summed E-state index contributed by atoms with van der Waals surface area (Å²) in [6, 6.07) is 12.5. The minimum absolute atomic E-state index is 0.166. The highest BCUT2D eigenvalue weighted by atomic mass is 127. The molecule has 0 spiro atoms. The van der Waals surface area contributed by atoms with Crippen LogP contribution >= 0.6 is 38.5 Å². The number of methoxy groups -OCH3 is 1. The van der Waals surface area contributed by atoms with Crippen LogP contribution in [0.15, 0.2) is 52.0 Å². The Bertz CT molecular complexity index is 811. The highest BCUT2D eigenvalue weighted by Crippen LogP contribution is 2.20. The van der Waals surface area contributed by atoms with Crippen molar-refractivity contribution in [1.82, 2.24) is 10.7 Å². The number of rotatable bonds is 6. The summed E-state index contributed by atoms with van der Waals surface area (Å²) in [7, 11) is 1.57. The van der Waals surface area contributed by atoms with Gasteiger partial charge in [0.2, 0.25) is 0 Å². The lowest BCUT2D eigenvalue weighted by atomic mass is 10.2. The van der Waals surface area contributed by atoms with Crippen molar-refractivity contribution < 1.29 is 14.3 Å². The number of nitrogens with one attached hydrogen (secondary N) is 2. The molecule has 0 heterocycles. The van der Waals surface area contributed by atoms with Crippen LogP contribution in [0.1, 0.15) is 15.9 Å². The smallest absolute Gasteiger partial charge is 0.259 e. The maximum absolute atomic E-state index is 12.0. The van der Waals surface area contributed by atoms with Gasteiger partial charge >= 0.3 is 0 Å². The number of carbonyl (C=O) groups is 2. The molecule has 0 aliphatic rings. The maximum Gasteiger partial charge on any atom is 0.259 e. The first-order valence-electron chi connectivity index (χ1n) is 7.19. The fourth-order valence-corrected chi connectivity index (χ4v) is 2.84. The molecule has 0 unspecified atom stereocenters. The molecule has 0 aromatic heterocycles. The van der Waals surface area contributed by atoms with E-state index in [0.29, 0.717) is 11.3 Å². The lowest BCUT2D eigenvalue weighted by Gasteiger charge is -2.06. The summed E-state index contributed by atoms with van der Waals surface area (Å²) < 4.78 is 6.77. The van der Waals surface area contributed by atoms with E-state index >= 15 is 0 Å². The summed E-state index contributed by atoms with van der Waals surface area (Å²) in [6.45, 7) is -0.166. The zero-order chi connectivity index (χ0) is 18.2. The molecule has 0 radical (unpaired) electrons. The topological polar surface area (TPSA) is 79.8 Å². The summed E-state index contributed by atoms with van der Waals surface area (Å²) >= 11 is 5.46. The van der Waals surface area contributed by atoms with Crippen LogP contribution in [0.25, 0.3) is 0 Å². The Hall–Kier alpha value is -1.94. The van der Waals surface area contributed by atoms with Crippen LogP contribution in [0.2, 0.25) is 0 Å². The van der Waals surface area contributed by atoms with Crippen molar-refractivity contribution in [1.29, 1.82) is 0 Å². The molecule has 2 amide bonds. The van der Waals surface area contributed by atoms with E-state index in [1.165, 1.54) is 6.21 Å². The molecule has 25 heavy (non-hydrogen) atoms. The Morgan fingerprint density at radius 2 is 2.04 bits per heavy atom. The number of ether oxygens (including phenoxy) is 1. The lowest BCUT2D eigenvalue weighted by Crippen LogP contribution is -2.35. The van der Waals surface area contributed by atoms with E-state index in [9.17, 15) is 9.59 Å². The van der Waals surface area contributed by atoms with Crippen LogP contribution in [0, 0.1) is 3.57 Å². The Labute approximate surface area is 167 Å². The Kier molecular flexibility index (Phi) is 7.38. The van der Waals surface area contributed by atoms with E-state index in [4.69, 9.17) is 4.74 Å². The largest absolute Gasteiger partial charge is 0.497 e. The fourth-order valence-electron chi connectivity index (χ4n) is 1.86. The van der Waals surface area contributed by atoms with Crippen molar-refractivity contribution in [3.63, 3.8) is 0 Å². The molecule has 130 valence electrons. The van der Waals surface area contributed by atoms with Crippen LogP contribution in [0.3, 0.4) is 0 Å². The van der Waals surface area contributed by atoms with Gasteiger partial charge in [-0.25, -0.2) is 5.43 Å². The minimum atomic E-state index is -0.422. The van der Waals surface area contributed by atoms with Crippen LogP contribution < -0.4 is 15.5 Å². The van der Waals surface area contributed by atoms with Crippen LogP contribution in [0.4, 0.5) is 0 Å². The predicted octanol–water partition coefficient (Wildman–Crippen LogP) is 2.94. The molecule has 0 fully saturated rings. The fraction of sp³-hybridized carbons (Fsp3) is 0.118. The van der Waals surface area contributed by atoms with Gasteiger partial charge < -0.3 is 10.1 Å². The summed E-state index contributed by atoms with van der Waals surface area (Å²) in [5.41, 5.74) is 3.65. The van der Waals surface area contributed by atoms with Gasteiger partial charge in [-0.1, -0.05) is 28.1 Å². The monoisotopic (exact) mass is 515 g/mol. The number of halogens is 2. The Morgan fingerprint density at radius 3 is 2.76 bits per heavy atom. The minimum Gasteiger partial charge on any atom is -0.497 e. The number of nitrogens with zero attached hydrogens (tertiary/aromatic N) is 1. The molecule has 2 aromatic rings. The molecule has 0 atom stereocenters. The molecule has 2 rings (SSSR count). The van der Waals surface area contributed by atoms with Gasteiger partial charge in [-0.15, -0.1) is 0 Å². The van der Waals surface area contributed by atoms with Gasteiger partial charge in [0, 0.05) is 13.6 Å². The van der Waals surface area contributed by atoms with E-state index < -0.39 is 5.91 Å². The Balaban J connectivity index is 1.87. The van der Waals surface area contributed by atoms with E-state index in [1.807, 2.05) is 18.2 Å². The van der Waals surface area contributed by atoms with Gasteiger partial charge in [-0.2, -0.15) is 5.10 Å². The number of amides is 2. The molecule has 0 bridgehead atoms. The van der Waals surface area contributed by atoms with Crippen molar-refractivity contribution in [3.05, 3.63) is 61.6 Å². The molecule has 8 heteroatoms. The van der Waals surface area contributed by atoms with Crippen molar-refractivity contribution in [2.75, 3.05) is 13.7 Å². The third-order valence-corrected chi connectivity index (χ3v) is 4.79. The first-order chi connectivity index (χ1) is 12.0. The SMILES string of the molecule is COc1ccc(Br)c(/C=N/NC(=O)CNC(=O)c2ccccc2I)c1. The van der Waals surface area contributed by atoms with E-state index in [1.54, 1.807) is 31.4 Å².